The van der Waals surface area contributed by atoms with Crippen LogP contribution in [0.1, 0.15) is 49.8 Å². The summed E-state index contributed by atoms with van der Waals surface area (Å²) in [6, 6.07) is 8.42. The molecule has 0 unspecified atom stereocenters. The number of hydrogen-bond acceptors (Lipinski definition) is 3. The molecule has 2 aromatic carbocycles. The average molecular weight is 405 g/mol. The second kappa shape index (κ2) is 8.68. The Balaban J connectivity index is 1.64. The molecule has 1 N–H and O–H groups in total. The zero-order valence-electron chi connectivity index (χ0n) is 16.0. The van der Waals surface area contributed by atoms with E-state index in [0.29, 0.717) is 12.8 Å². The van der Waals surface area contributed by atoms with E-state index in [-0.39, 0.29) is 11.1 Å². The first-order valence-corrected chi connectivity index (χ1v) is 9.50. The van der Waals surface area contributed by atoms with Gasteiger partial charge in [-0.15, -0.1) is 0 Å². The molecule has 4 nitrogen and oxygen atoms in total. The SMILES string of the molecule is C[C@H](NC(=O)COC(=O)C1(c2ccccc2F)CCCC1)c1ccc(F)cc1F. The molecule has 1 aliphatic carbocycles. The normalized spacial score (nSPS) is 16.3. The molecule has 2 aromatic rings. The molecule has 0 saturated heterocycles. The van der Waals surface area contributed by atoms with Gasteiger partial charge < -0.3 is 10.1 Å². The Morgan fingerprint density at radius 1 is 1.07 bits per heavy atom. The highest BCUT2D eigenvalue weighted by Gasteiger charge is 2.46. The Bertz CT molecular complexity index is 910. The van der Waals surface area contributed by atoms with E-state index in [9.17, 15) is 22.8 Å². The summed E-state index contributed by atoms with van der Waals surface area (Å²) in [6.45, 7) is 0.968. The van der Waals surface area contributed by atoms with Crippen molar-refractivity contribution in [1.29, 1.82) is 0 Å². The molecule has 3 rings (SSSR count). The summed E-state index contributed by atoms with van der Waals surface area (Å²) in [6.07, 6.45) is 2.42. The van der Waals surface area contributed by atoms with Crippen molar-refractivity contribution in [1.82, 2.24) is 5.32 Å². The number of nitrogens with one attached hydrogen (secondary N) is 1. The standard InChI is InChI=1S/C22H22F3NO3/c1-14(16-9-8-15(23)12-19(16)25)26-20(27)13-29-21(28)22(10-4-5-11-22)17-6-2-3-7-18(17)24/h2-3,6-9,12,14H,4-5,10-11,13H2,1H3,(H,26,27)/t14-/m0/s1. The van der Waals surface area contributed by atoms with Gasteiger partial charge >= 0.3 is 5.97 Å². The summed E-state index contributed by atoms with van der Waals surface area (Å²) in [7, 11) is 0. The van der Waals surface area contributed by atoms with Crippen LogP contribution in [0.3, 0.4) is 0 Å². The first kappa shape index (κ1) is 20.9. The molecule has 0 spiro atoms. The fraction of sp³-hybridized carbons (Fsp3) is 0.364. The predicted octanol–water partition coefficient (Wildman–Crippen LogP) is 4.34. The first-order chi connectivity index (χ1) is 13.8. The van der Waals surface area contributed by atoms with Crippen molar-refractivity contribution in [2.75, 3.05) is 6.61 Å². The Morgan fingerprint density at radius 3 is 2.41 bits per heavy atom. The predicted molar refractivity (Wildman–Crippen MR) is 100 cm³/mol. The van der Waals surface area contributed by atoms with E-state index in [0.717, 1.165) is 25.0 Å². The third-order valence-electron chi connectivity index (χ3n) is 5.38. The lowest BCUT2D eigenvalue weighted by Gasteiger charge is -2.27. The summed E-state index contributed by atoms with van der Waals surface area (Å²) in [5.41, 5.74) is -0.699. The highest BCUT2D eigenvalue weighted by molar-refractivity contribution is 5.87. The van der Waals surface area contributed by atoms with E-state index in [1.807, 2.05) is 0 Å². The van der Waals surface area contributed by atoms with Gasteiger partial charge in [-0.1, -0.05) is 37.1 Å². The maximum Gasteiger partial charge on any atom is 0.317 e. The Labute approximate surface area is 167 Å². The third kappa shape index (κ3) is 4.44. The number of halogens is 3. The Kier molecular flexibility index (Phi) is 6.25. The number of hydrogen-bond donors (Lipinski definition) is 1. The Hall–Kier alpha value is -2.83. The lowest BCUT2D eigenvalue weighted by atomic mass is 9.78. The number of esters is 1. The highest BCUT2D eigenvalue weighted by atomic mass is 19.1. The van der Waals surface area contributed by atoms with Gasteiger partial charge in [-0.2, -0.15) is 0 Å². The lowest BCUT2D eigenvalue weighted by molar-refractivity contribution is -0.154. The molecule has 0 heterocycles. The molecular formula is C22H22F3NO3. The van der Waals surface area contributed by atoms with Crippen LogP contribution >= 0.6 is 0 Å². The van der Waals surface area contributed by atoms with Crippen LogP contribution in [0.4, 0.5) is 13.2 Å². The van der Waals surface area contributed by atoms with Crippen molar-refractivity contribution in [3.8, 4) is 0 Å². The molecule has 1 aliphatic rings. The van der Waals surface area contributed by atoms with Crippen molar-refractivity contribution in [2.45, 2.75) is 44.1 Å². The highest BCUT2D eigenvalue weighted by Crippen LogP contribution is 2.43. The minimum atomic E-state index is -1.10. The summed E-state index contributed by atoms with van der Waals surface area (Å²) < 4.78 is 46.4. The van der Waals surface area contributed by atoms with E-state index >= 15 is 0 Å². The number of rotatable bonds is 6. The van der Waals surface area contributed by atoms with Crippen molar-refractivity contribution >= 4 is 11.9 Å². The second-order valence-electron chi connectivity index (χ2n) is 7.30. The van der Waals surface area contributed by atoms with Gasteiger partial charge in [-0.3, -0.25) is 9.59 Å². The van der Waals surface area contributed by atoms with Crippen molar-refractivity contribution in [2.24, 2.45) is 0 Å². The zero-order valence-corrected chi connectivity index (χ0v) is 16.0. The molecule has 1 saturated carbocycles. The molecular weight excluding hydrogens is 383 g/mol. The van der Waals surface area contributed by atoms with Crippen LogP contribution in [0.5, 0.6) is 0 Å². The van der Waals surface area contributed by atoms with Crippen molar-refractivity contribution < 1.29 is 27.5 Å². The van der Waals surface area contributed by atoms with Gasteiger partial charge in [0.05, 0.1) is 11.5 Å². The molecule has 0 radical (unpaired) electrons. The number of carbonyl (C=O) groups is 2. The molecule has 0 bridgehead atoms. The number of benzene rings is 2. The van der Waals surface area contributed by atoms with Gasteiger partial charge in [-0.25, -0.2) is 13.2 Å². The van der Waals surface area contributed by atoms with Crippen LogP contribution in [0.2, 0.25) is 0 Å². The van der Waals surface area contributed by atoms with Gasteiger partial charge in [0, 0.05) is 17.2 Å². The molecule has 1 amide bonds. The van der Waals surface area contributed by atoms with Gasteiger partial charge in [0.15, 0.2) is 6.61 Å². The summed E-state index contributed by atoms with van der Waals surface area (Å²) in [5.74, 6) is -3.24. The van der Waals surface area contributed by atoms with Crippen molar-refractivity contribution in [3.05, 3.63) is 71.0 Å². The zero-order chi connectivity index (χ0) is 21.0. The number of amides is 1. The monoisotopic (exact) mass is 405 g/mol. The van der Waals surface area contributed by atoms with Crippen LogP contribution in [-0.4, -0.2) is 18.5 Å². The second-order valence-corrected chi connectivity index (χ2v) is 7.30. The Morgan fingerprint density at radius 2 is 1.76 bits per heavy atom. The molecule has 29 heavy (non-hydrogen) atoms. The van der Waals surface area contributed by atoms with Crippen LogP contribution in [0.25, 0.3) is 0 Å². The van der Waals surface area contributed by atoms with E-state index in [1.165, 1.54) is 19.1 Å². The van der Waals surface area contributed by atoms with Gasteiger partial charge in [0.1, 0.15) is 17.5 Å². The van der Waals surface area contributed by atoms with E-state index in [2.05, 4.69) is 5.32 Å². The van der Waals surface area contributed by atoms with E-state index in [1.54, 1.807) is 18.2 Å². The average Bonchev–Trinajstić information content (AvgIpc) is 3.17. The summed E-state index contributed by atoms with van der Waals surface area (Å²) in [5, 5.41) is 2.51. The molecule has 7 heteroatoms. The van der Waals surface area contributed by atoms with Gasteiger partial charge in [-0.05, 0) is 31.9 Å². The molecule has 154 valence electrons. The fourth-order valence-corrected chi connectivity index (χ4v) is 3.89. The van der Waals surface area contributed by atoms with E-state index < -0.39 is 47.4 Å². The maximum atomic E-state index is 14.3. The number of carbonyl (C=O) groups excluding carboxylic acids is 2. The first-order valence-electron chi connectivity index (χ1n) is 9.50. The minimum Gasteiger partial charge on any atom is -0.455 e. The van der Waals surface area contributed by atoms with Crippen molar-refractivity contribution in [3.63, 3.8) is 0 Å². The quantitative estimate of drug-likeness (QED) is 0.728. The van der Waals surface area contributed by atoms with E-state index in [4.69, 9.17) is 4.74 Å². The summed E-state index contributed by atoms with van der Waals surface area (Å²) >= 11 is 0. The summed E-state index contributed by atoms with van der Waals surface area (Å²) in [4.78, 5) is 25.0. The topological polar surface area (TPSA) is 55.4 Å². The molecule has 0 aliphatic heterocycles. The number of ether oxygens (including phenoxy) is 1. The molecule has 1 atom stereocenters. The van der Waals surface area contributed by atoms with Gasteiger partial charge in [0.2, 0.25) is 0 Å². The third-order valence-corrected chi connectivity index (χ3v) is 5.38. The lowest BCUT2D eigenvalue weighted by Crippen LogP contribution is -2.38. The molecule has 0 aromatic heterocycles. The smallest absolute Gasteiger partial charge is 0.317 e. The van der Waals surface area contributed by atoms with Crippen LogP contribution in [-0.2, 0) is 19.7 Å². The molecule has 1 fully saturated rings. The minimum absolute atomic E-state index is 0.115. The van der Waals surface area contributed by atoms with Gasteiger partial charge in [0.25, 0.3) is 5.91 Å². The fourth-order valence-electron chi connectivity index (χ4n) is 3.89. The maximum absolute atomic E-state index is 14.3. The van der Waals surface area contributed by atoms with Crippen LogP contribution in [0.15, 0.2) is 42.5 Å². The van der Waals surface area contributed by atoms with Crippen LogP contribution < -0.4 is 5.32 Å². The van der Waals surface area contributed by atoms with Crippen LogP contribution in [0, 0.1) is 17.5 Å². The largest absolute Gasteiger partial charge is 0.455 e.